The van der Waals surface area contributed by atoms with Crippen LogP contribution in [0.1, 0.15) is 17.3 Å². The normalized spacial score (nSPS) is 10.4. The van der Waals surface area contributed by atoms with Crippen molar-refractivity contribution in [3.05, 3.63) is 32.3 Å². The minimum atomic E-state index is -3.08. The highest BCUT2D eigenvalue weighted by Crippen LogP contribution is 2.33. The maximum absolute atomic E-state index is 12.0. The zero-order chi connectivity index (χ0) is 13.2. The Bertz CT molecular complexity index is 478. The first-order valence-corrected chi connectivity index (χ1v) is 5.06. The van der Waals surface area contributed by atoms with Gasteiger partial charge in [-0.1, -0.05) is 0 Å². The van der Waals surface area contributed by atoms with Crippen LogP contribution in [0.2, 0.25) is 0 Å². The predicted molar refractivity (Wildman–Crippen MR) is 57.4 cm³/mol. The Labute approximate surface area is 103 Å². The molecule has 17 heavy (non-hydrogen) atoms. The van der Waals surface area contributed by atoms with Crippen LogP contribution < -0.4 is 4.74 Å². The molecule has 0 aromatic heterocycles. The molecule has 0 saturated heterocycles. The molecule has 5 nitrogen and oxygen atoms in total. The van der Waals surface area contributed by atoms with E-state index in [2.05, 4.69) is 20.7 Å². The Kier molecular flexibility index (Phi) is 4.11. The predicted octanol–water partition coefficient (Wildman–Crippen LogP) is 3.16. The molecule has 0 aliphatic carbocycles. The summed E-state index contributed by atoms with van der Waals surface area (Å²) in [4.78, 5) is 21.0. The van der Waals surface area contributed by atoms with Crippen molar-refractivity contribution in [2.24, 2.45) is 0 Å². The highest BCUT2D eigenvalue weighted by molar-refractivity contribution is 9.10. The molecule has 1 aromatic rings. The molecular weight excluding hydrogens is 304 g/mol. The standard InChI is InChI=1S/C9H6BrF2NO4/c1-4(14)5-2-8(17-9(11)12)6(10)3-7(5)13(15)16/h2-3,9H,1H3. The van der Waals surface area contributed by atoms with Gasteiger partial charge in [-0.3, -0.25) is 14.9 Å². The second-order valence-electron chi connectivity index (χ2n) is 2.99. The summed E-state index contributed by atoms with van der Waals surface area (Å²) in [6.45, 7) is -1.98. The van der Waals surface area contributed by atoms with E-state index in [4.69, 9.17) is 0 Å². The third-order valence-electron chi connectivity index (χ3n) is 1.84. The second kappa shape index (κ2) is 5.17. The average Bonchev–Trinajstić information content (AvgIpc) is 2.19. The molecule has 0 N–H and O–H groups in total. The third-order valence-corrected chi connectivity index (χ3v) is 2.46. The molecule has 0 aliphatic rings. The monoisotopic (exact) mass is 309 g/mol. The molecule has 1 rings (SSSR count). The fourth-order valence-corrected chi connectivity index (χ4v) is 1.59. The summed E-state index contributed by atoms with van der Waals surface area (Å²) in [5.41, 5.74) is -0.750. The van der Waals surface area contributed by atoms with Gasteiger partial charge in [-0.05, 0) is 28.9 Å². The van der Waals surface area contributed by atoms with Gasteiger partial charge in [0.05, 0.1) is 15.0 Å². The first kappa shape index (κ1) is 13.5. The molecular formula is C9H6BrF2NO4. The number of alkyl halides is 2. The summed E-state index contributed by atoms with van der Waals surface area (Å²) in [6, 6.07) is 1.87. The molecule has 92 valence electrons. The number of nitro groups is 1. The van der Waals surface area contributed by atoms with Gasteiger partial charge in [0.2, 0.25) is 0 Å². The lowest BCUT2D eigenvalue weighted by atomic mass is 10.1. The molecule has 0 atom stereocenters. The van der Waals surface area contributed by atoms with Gasteiger partial charge in [-0.25, -0.2) is 0 Å². The average molecular weight is 310 g/mol. The maximum atomic E-state index is 12.0. The van der Waals surface area contributed by atoms with Crippen LogP contribution in [0.15, 0.2) is 16.6 Å². The lowest BCUT2D eigenvalue weighted by molar-refractivity contribution is -0.385. The highest BCUT2D eigenvalue weighted by atomic mass is 79.9. The van der Waals surface area contributed by atoms with Crippen LogP contribution in [0.25, 0.3) is 0 Å². The number of carbonyl (C=O) groups excluding carboxylic acids is 1. The largest absolute Gasteiger partial charge is 0.434 e. The lowest BCUT2D eigenvalue weighted by Gasteiger charge is -2.08. The van der Waals surface area contributed by atoms with Gasteiger partial charge in [0.15, 0.2) is 5.78 Å². The van der Waals surface area contributed by atoms with Crippen LogP contribution in [0, 0.1) is 10.1 Å². The third kappa shape index (κ3) is 3.19. The van der Waals surface area contributed by atoms with Gasteiger partial charge < -0.3 is 4.74 Å². The van der Waals surface area contributed by atoms with Crippen molar-refractivity contribution in [3.8, 4) is 5.75 Å². The summed E-state index contributed by atoms with van der Waals surface area (Å²) in [5, 5.41) is 10.7. The van der Waals surface area contributed by atoms with Crippen molar-refractivity contribution in [1.29, 1.82) is 0 Å². The molecule has 0 aliphatic heterocycles. The fourth-order valence-electron chi connectivity index (χ4n) is 1.16. The van der Waals surface area contributed by atoms with E-state index in [1.807, 2.05) is 0 Å². The fraction of sp³-hybridized carbons (Fsp3) is 0.222. The Morgan fingerprint density at radius 1 is 1.53 bits per heavy atom. The van der Waals surface area contributed by atoms with Crippen molar-refractivity contribution < 1.29 is 23.2 Å². The number of hydrogen-bond donors (Lipinski definition) is 0. The number of carbonyl (C=O) groups is 1. The van der Waals surface area contributed by atoms with Crippen LogP contribution in [0.3, 0.4) is 0 Å². The van der Waals surface area contributed by atoms with Gasteiger partial charge in [-0.15, -0.1) is 0 Å². The summed E-state index contributed by atoms with van der Waals surface area (Å²) in [6.07, 6.45) is 0. The summed E-state index contributed by atoms with van der Waals surface area (Å²) in [5.74, 6) is -0.931. The second-order valence-corrected chi connectivity index (χ2v) is 3.85. The van der Waals surface area contributed by atoms with Crippen molar-refractivity contribution >= 4 is 27.4 Å². The van der Waals surface area contributed by atoms with Gasteiger partial charge in [0.25, 0.3) is 5.69 Å². The van der Waals surface area contributed by atoms with Crippen LogP contribution in [-0.2, 0) is 0 Å². The topological polar surface area (TPSA) is 69.4 Å². The quantitative estimate of drug-likeness (QED) is 0.486. The van der Waals surface area contributed by atoms with Crippen molar-refractivity contribution in [1.82, 2.24) is 0 Å². The number of nitro benzene ring substituents is 1. The van der Waals surface area contributed by atoms with E-state index in [0.29, 0.717) is 0 Å². The van der Waals surface area contributed by atoms with Gasteiger partial charge in [-0.2, -0.15) is 8.78 Å². The van der Waals surface area contributed by atoms with Crippen LogP contribution in [0.4, 0.5) is 14.5 Å². The number of nitrogens with zero attached hydrogens (tertiary/aromatic N) is 1. The molecule has 0 unspecified atom stereocenters. The van der Waals surface area contributed by atoms with E-state index in [1.165, 1.54) is 0 Å². The molecule has 0 fully saturated rings. The zero-order valence-corrected chi connectivity index (χ0v) is 10.0. The number of rotatable bonds is 4. The van der Waals surface area contributed by atoms with E-state index >= 15 is 0 Å². The number of ketones is 1. The van der Waals surface area contributed by atoms with Gasteiger partial charge in [0.1, 0.15) is 5.75 Å². The van der Waals surface area contributed by atoms with E-state index in [1.54, 1.807) is 0 Å². The number of Topliss-reactive ketones (excluding diaryl/α,β-unsaturated/α-hetero) is 1. The first-order valence-electron chi connectivity index (χ1n) is 4.26. The summed E-state index contributed by atoms with van der Waals surface area (Å²) < 4.78 is 28.2. The number of hydrogen-bond acceptors (Lipinski definition) is 4. The van der Waals surface area contributed by atoms with Crippen molar-refractivity contribution in [2.45, 2.75) is 13.5 Å². The zero-order valence-electron chi connectivity index (χ0n) is 8.45. The molecule has 0 spiro atoms. The molecule has 8 heteroatoms. The molecule has 0 radical (unpaired) electrons. The summed E-state index contributed by atoms with van der Waals surface area (Å²) >= 11 is 2.85. The molecule has 0 heterocycles. The van der Waals surface area contributed by atoms with Crippen LogP contribution in [0.5, 0.6) is 5.75 Å². The van der Waals surface area contributed by atoms with Crippen LogP contribution >= 0.6 is 15.9 Å². The Morgan fingerprint density at radius 2 is 2.12 bits per heavy atom. The highest BCUT2D eigenvalue weighted by Gasteiger charge is 2.22. The van der Waals surface area contributed by atoms with Gasteiger partial charge >= 0.3 is 6.61 Å². The van der Waals surface area contributed by atoms with Crippen molar-refractivity contribution in [2.75, 3.05) is 0 Å². The Morgan fingerprint density at radius 3 is 2.53 bits per heavy atom. The maximum Gasteiger partial charge on any atom is 0.387 e. The van der Waals surface area contributed by atoms with E-state index < -0.39 is 23.0 Å². The first-order chi connectivity index (χ1) is 7.82. The molecule has 0 saturated carbocycles. The van der Waals surface area contributed by atoms with Crippen LogP contribution in [-0.4, -0.2) is 17.3 Å². The molecule has 0 bridgehead atoms. The Hall–Kier alpha value is -1.57. The molecule has 1 aromatic carbocycles. The van der Waals surface area contributed by atoms with E-state index in [-0.39, 0.29) is 15.8 Å². The van der Waals surface area contributed by atoms with E-state index in [0.717, 1.165) is 19.1 Å². The van der Waals surface area contributed by atoms with Crippen molar-refractivity contribution in [3.63, 3.8) is 0 Å². The molecule has 0 amide bonds. The lowest BCUT2D eigenvalue weighted by Crippen LogP contribution is -2.06. The van der Waals surface area contributed by atoms with E-state index in [9.17, 15) is 23.7 Å². The Balaban J connectivity index is 3.34. The smallest absolute Gasteiger partial charge is 0.387 e. The SMILES string of the molecule is CC(=O)c1cc(OC(F)F)c(Br)cc1[N+](=O)[O-]. The number of benzene rings is 1. The minimum absolute atomic E-state index is 0.0190. The minimum Gasteiger partial charge on any atom is -0.434 e. The van der Waals surface area contributed by atoms with Gasteiger partial charge in [0, 0.05) is 6.07 Å². The number of ether oxygens (including phenoxy) is 1. The number of halogens is 3. The summed E-state index contributed by atoms with van der Waals surface area (Å²) in [7, 11) is 0.